The summed E-state index contributed by atoms with van der Waals surface area (Å²) < 4.78 is 25.4. The van der Waals surface area contributed by atoms with Gasteiger partial charge >= 0.3 is 0 Å². The average molecular weight is 251 g/mol. The molecule has 1 atom stereocenters. The highest BCUT2D eigenvalue weighted by Crippen LogP contribution is 2.22. The van der Waals surface area contributed by atoms with E-state index in [9.17, 15) is 8.42 Å². The smallest absolute Gasteiger partial charge is 0.159 e. The first-order valence-electron chi connectivity index (χ1n) is 5.64. The molecule has 17 heavy (non-hydrogen) atoms. The topological polar surface area (TPSA) is 64.8 Å². The molecule has 5 nitrogen and oxygen atoms in total. The standard InChI is InChI=1S/C11H13N3O2S/c15-17(16)6-2-3-9(17)7-14-8-13-10-4-1-5-12-11(10)14/h1,4-5,8-9H,2-3,6-7H2. The van der Waals surface area contributed by atoms with Crippen LogP contribution in [-0.2, 0) is 16.4 Å². The van der Waals surface area contributed by atoms with E-state index in [1.165, 1.54) is 0 Å². The summed E-state index contributed by atoms with van der Waals surface area (Å²) in [6.45, 7) is 0.468. The Bertz CT molecular complexity index is 648. The number of aromatic nitrogens is 3. The first-order valence-corrected chi connectivity index (χ1v) is 7.36. The van der Waals surface area contributed by atoms with Gasteiger partial charge in [0.1, 0.15) is 5.52 Å². The SMILES string of the molecule is O=S1(=O)CCCC1Cn1cnc2cccnc21. The van der Waals surface area contributed by atoms with E-state index in [-0.39, 0.29) is 5.25 Å². The molecule has 2 aromatic heterocycles. The highest BCUT2D eigenvalue weighted by Gasteiger charge is 2.31. The van der Waals surface area contributed by atoms with Crippen molar-refractivity contribution < 1.29 is 8.42 Å². The Morgan fingerprint density at radius 2 is 2.29 bits per heavy atom. The number of rotatable bonds is 2. The zero-order chi connectivity index (χ0) is 11.9. The van der Waals surface area contributed by atoms with Gasteiger partial charge in [-0.3, -0.25) is 0 Å². The molecule has 2 aromatic rings. The van der Waals surface area contributed by atoms with Gasteiger partial charge in [0.15, 0.2) is 15.5 Å². The lowest BCUT2D eigenvalue weighted by Crippen LogP contribution is -2.21. The van der Waals surface area contributed by atoms with Crippen LogP contribution in [0.15, 0.2) is 24.7 Å². The Labute approximate surface area is 99.4 Å². The normalized spacial score (nSPS) is 23.2. The summed E-state index contributed by atoms with van der Waals surface area (Å²) in [7, 11) is -2.91. The fourth-order valence-corrected chi connectivity index (χ4v) is 4.13. The second kappa shape index (κ2) is 3.80. The molecule has 0 amide bonds. The number of pyridine rings is 1. The number of fused-ring (bicyclic) bond motifs is 1. The molecule has 0 bridgehead atoms. The highest BCUT2D eigenvalue weighted by molar-refractivity contribution is 7.92. The maximum Gasteiger partial charge on any atom is 0.159 e. The van der Waals surface area contributed by atoms with Crippen LogP contribution in [0.1, 0.15) is 12.8 Å². The lowest BCUT2D eigenvalue weighted by Gasteiger charge is -2.10. The van der Waals surface area contributed by atoms with Crippen LogP contribution < -0.4 is 0 Å². The summed E-state index contributed by atoms with van der Waals surface area (Å²) in [4.78, 5) is 8.45. The number of nitrogens with zero attached hydrogens (tertiary/aromatic N) is 3. The number of imidazole rings is 1. The van der Waals surface area contributed by atoms with Gasteiger partial charge in [0.25, 0.3) is 0 Å². The van der Waals surface area contributed by atoms with Gasteiger partial charge in [-0.1, -0.05) is 0 Å². The van der Waals surface area contributed by atoms with Crippen LogP contribution in [0, 0.1) is 0 Å². The molecular formula is C11H13N3O2S. The molecule has 1 fully saturated rings. The van der Waals surface area contributed by atoms with Crippen molar-refractivity contribution in [2.24, 2.45) is 0 Å². The molecule has 1 unspecified atom stereocenters. The lowest BCUT2D eigenvalue weighted by molar-refractivity contribution is 0.569. The van der Waals surface area contributed by atoms with Crippen molar-refractivity contribution in [3.05, 3.63) is 24.7 Å². The quantitative estimate of drug-likeness (QED) is 0.799. The summed E-state index contributed by atoms with van der Waals surface area (Å²) >= 11 is 0. The summed E-state index contributed by atoms with van der Waals surface area (Å²) in [5.74, 6) is 0.317. The van der Waals surface area contributed by atoms with E-state index in [4.69, 9.17) is 0 Å². The van der Waals surface area contributed by atoms with Crippen molar-refractivity contribution in [1.29, 1.82) is 0 Å². The molecular weight excluding hydrogens is 238 g/mol. The first kappa shape index (κ1) is 10.7. The fraction of sp³-hybridized carbons (Fsp3) is 0.455. The second-order valence-corrected chi connectivity index (χ2v) is 6.77. The van der Waals surface area contributed by atoms with E-state index < -0.39 is 9.84 Å². The van der Waals surface area contributed by atoms with Gasteiger partial charge < -0.3 is 4.57 Å². The van der Waals surface area contributed by atoms with Gasteiger partial charge in [-0.15, -0.1) is 0 Å². The monoisotopic (exact) mass is 251 g/mol. The predicted molar refractivity (Wildman–Crippen MR) is 64.3 cm³/mol. The van der Waals surface area contributed by atoms with Crippen LogP contribution in [-0.4, -0.2) is 34.0 Å². The third-order valence-electron chi connectivity index (χ3n) is 3.24. The third-order valence-corrected chi connectivity index (χ3v) is 5.50. The fourth-order valence-electron chi connectivity index (χ4n) is 2.31. The van der Waals surface area contributed by atoms with E-state index in [1.54, 1.807) is 12.5 Å². The largest absolute Gasteiger partial charge is 0.314 e. The van der Waals surface area contributed by atoms with Crippen LogP contribution in [0.2, 0.25) is 0 Å². The van der Waals surface area contributed by atoms with Crippen LogP contribution in [0.5, 0.6) is 0 Å². The number of hydrogen-bond acceptors (Lipinski definition) is 4. The van der Waals surface area contributed by atoms with Crippen molar-refractivity contribution in [1.82, 2.24) is 14.5 Å². The van der Waals surface area contributed by atoms with Gasteiger partial charge in [-0.2, -0.15) is 0 Å². The number of hydrogen-bond donors (Lipinski definition) is 0. The van der Waals surface area contributed by atoms with Gasteiger partial charge in [0.2, 0.25) is 0 Å². The molecule has 1 aliphatic rings. The molecule has 0 aliphatic carbocycles. The third kappa shape index (κ3) is 1.82. The van der Waals surface area contributed by atoms with Crippen molar-refractivity contribution in [2.45, 2.75) is 24.6 Å². The Kier molecular flexibility index (Phi) is 2.39. The van der Waals surface area contributed by atoms with Crippen molar-refractivity contribution in [3.8, 4) is 0 Å². The average Bonchev–Trinajstić information content (AvgIpc) is 2.85. The molecule has 0 radical (unpaired) electrons. The van der Waals surface area contributed by atoms with Crippen molar-refractivity contribution in [3.63, 3.8) is 0 Å². The Morgan fingerprint density at radius 3 is 3.06 bits per heavy atom. The molecule has 0 spiro atoms. The molecule has 3 heterocycles. The molecule has 0 aromatic carbocycles. The maximum absolute atomic E-state index is 11.8. The zero-order valence-electron chi connectivity index (χ0n) is 9.28. The Hall–Kier alpha value is -1.43. The first-order chi connectivity index (χ1) is 8.17. The lowest BCUT2D eigenvalue weighted by atomic mass is 10.2. The van der Waals surface area contributed by atoms with Crippen molar-refractivity contribution >= 4 is 21.0 Å². The van der Waals surface area contributed by atoms with E-state index >= 15 is 0 Å². The maximum atomic E-state index is 11.8. The summed E-state index contributed by atoms with van der Waals surface area (Å²) in [6.07, 6.45) is 4.89. The van der Waals surface area contributed by atoms with Crippen LogP contribution in [0.4, 0.5) is 0 Å². The molecule has 0 N–H and O–H groups in total. The van der Waals surface area contributed by atoms with E-state index in [0.717, 1.165) is 24.0 Å². The minimum Gasteiger partial charge on any atom is -0.314 e. The van der Waals surface area contributed by atoms with Crippen LogP contribution in [0.3, 0.4) is 0 Å². The molecule has 0 saturated carbocycles. The molecule has 90 valence electrons. The summed E-state index contributed by atoms with van der Waals surface area (Å²) in [5, 5.41) is -0.276. The van der Waals surface area contributed by atoms with Crippen molar-refractivity contribution in [2.75, 3.05) is 5.75 Å². The molecule has 1 aliphatic heterocycles. The summed E-state index contributed by atoms with van der Waals surface area (Å²) in [5.41, 5.74) is 1.57. The molecule has 1 saturated heterocycles. The second-order valence-electron chi connectivity index (χ2n) is 4.37. The Morgan fingerprint density at radius 1 is 1.41 bits per heavy atom. The zero-order valence-corrected chi connectivity index (χ0v) is 10.1. The minimum absolute atomic E-state index is 0.276. The molecule has 6 heteroatoms. The van der Waals surface area contributed by atoms with Gasteiger partial charge in [0.05, 0.1) is 17.3 Å². The van der Waals surface area contributed by atoms with E-state index in [2.05, 4.69) is 9.97 Å². The van der Waals surface area contributed by atoms with Crippen LogP contribution in [0.25, 0.3) is 11.2 Å². The van der Waals surface area contributed by atoms with Crippen LogP contribution >= 0.6 is 0 Å². The molecule has 3 rings (SSSR count). The predicted octanol–water partition coefficient (Wildman–Crippen LogP) is 1.01. The minimum atomic E-state index is -2.91. The van der Waals surface area contributed by atoms with E-state index in [0.29, 0.717) is 12.3 Å². The highest BCUT2D eigenvalue weighted by atomic mass is 32.2. The van der Waals surface area contributed by atoms with Gasteiger partial charge in [-0.05, 0) is 25.0 Å². The van der Waals surface area contributed by atoms with Gasteiger partial charge in [-0.25, -0.2) is 18.4 Å². The Balaban J connectivity index is 1.96. The van der Waals surface area contributed by atoms with E-state index in [1.807, 2.05) is 16.7 Å². The van der Waals surface area contributed by atoms with Gasteiger partial charge in [0, 0.05) is 12.7 Å². The number of sulfone groups is 1. The summed E-state index contributed by atoms with van der Waals surface area (Å²) in [6, 6.07) is 3.70.